The predicted octanol–water partition coefficient (Wildman–Crippen LogP) is 5.24. The molecule has 1 amide bonds. The lowest BCUT2D eigenvalue weighted by Gasteiger charge is -2.12. The van der Waals surface area contributed by atoms with Gasteiger partial charge in [0, 0.05) is 16.1 Å². The lowest BCUT2D eigenvalue weighted by atomic mass is 10.0. The number of amides is 1. The third-order valence-electron chi connectivity index (χ3n) is 4.72. The number of aromatic nitrogens is 2. The fourth-order valence-electron chi connectivity index (χ4n) is 3.58. The second-order valence-corrected chi connectivity index (χ2v) is 7.84. The molecule has 26 heavy (non-hydrogen) atoms. The minimum atomic E-state index is -0.142. The number of rotatable bonds is 2. The maximum absolute atomic E-state index is 13.2. The number of hydrogen-bond acceptors (Lipinski definition) is 4. The number of aryl methyl sites for hydroxylation is 1. The topological polar surface area (TPSA) is 54.9 Å². The van der Waals surface area contributed by atoms with E-state index in [0.717, 1.165) is 51.6 Å². The molecule has 2 aromatic carbocycles. The third-order valence-corrected chi connectivity index (χ3v) is 5.90. The van der Waals surface area contributed by atoms with E-state index in [1.807, 2.05) is 42.5 Å². The van der Waals surface area contributed by atoms with E-state index in [4.69, 9.17) is 16.6 Å². The number of nitrogens with zero attached hydrogens (tertiary/aromatic N) is 2. The van der Waals surface area contributed by atoms with Crippen molar-refractivity contribution in [2.45, 2.75) is 19.3 Å². The number of nitrogens with one attached hydrogen (secondary N) is 1. The van der Waals surface area contributed by atoms with Crippen molar-refractivity contribution in [2.75, 3.05) is 5.32 Å². The van der Waals surface area contributed by atoms with Gasteiger partial charge in [0.1, 0.15) is 0 Å². The Morgan fingerprint density at radius 3 is 2.85 bits per heavy atom. The number of anilines is 1. The molecule has 4 aromatic rings. The van der Waals surface area contributed by atoms with Crippen molar-refractivity contribution in [1.29, 1.82) is 0 Å². The Morgan fingerprint density at radius 2 is 1.96 bits per heavy atom. The van der Waals surface area contributed by atoms with Gasteiger partial charge in [0.15, 0.2) is 5.13 Å². The standard InChI is InChI=1S/C20H14ClN3OS/c21-11-8-9-15-13(10-11)18(12-4-3-6-14(12)22-15)19(25)24-20-23-16-5-1-2-7-17(16)26-20/h1-2,5,7-10H,3-4,6H2,(H,23,24,25). The number of benzene rings is 2. The highest BCUT2D eigenvalue weighted by Gasteiger charge is 2.24. The first-order valence-electron chi connectivity index (χ1n) is 8.47. The Morgan fingerprint density at radius 1 is 1.08 bits per heavy atom. The molecule has 1 N–H and O–H groups in total. The van der Waals surface area contributed by atoms with Crippen LogP contribution in [0.3, 0.4) is 0 Å². The first kappa shape index (κ1) is 15.7. The lowest BCUT2D eigenvalue weighted by Crippen LogP contribution is -2.15. The molecule has 1 aliphatic rings. The van der Waals surface area contributed by atoms with Crippen LogP contribution in [0.4, 0.5) is 5.13 Å². The monoisotopic (exact) mass is 379 g/mol. The number of halogens is 1. The van der Waals surface area contributed by atoms with Gasteiger partial charge < -0.3 is 0 Å². The summed E-state index contributed by atoms with van der Waals surface area (Å²) in [5, 5.41) is 5.00. The van der Waals surface area contributed by atoms with E-state index in [-0.39, 0.29) is 5.91 Å². The van der Waals surface area contributed by atoms with E-state index in [9.17, 15) is 4.79 Å². The van der Waals surface area contributed by atoms with Crippen molar-refractivity contribution in [3.8, 4) is 0 Å². The van der Waals surface area contributed by atoms with Crippen LogP contribution in [-0.2, 0) is 12.8 Å². The normalized spacial score (nSPS) is 13.3. The minimum Gasteiger partial charge on any atom is -0.298 e. The lowest BCUT2D eigenvalue weighted by molar-refractivity contribution is 0.102. The van der Waals surface area contributed by atoms with Gasteiger partial charge in [0.05, 0.1) is 21.3 Å². The molecule has 128 valence electrons. The highest BCUT2D eigenvalue weighted by atomic mass is 35.5. The molecule has 4 nitrogen and oxygen atoms in total. The highest BCUT2D eigenvalue weighted by Crippen LogP contribution is 2.33. The highest BCUT2D eigenvalue weighted by molar-refractivity contribution is 7.22. The summed E-state index contributed by atoms with van der Waals surface area (Å²) < 4.78 is 1.05. The first-order chi connectivity index (χ1) is 12.7. The van der Waals surface area contributed by atoms with Crippen LogP contribution in [0.25, 0.3) is 21.1 Å². The number of thiazole rings is 1. The third kappa shape index (κ3) is 2.55. The Bertz CT molecular complexity index is 1150. The van der Waals surface area contributed by atoms with Gasteiger partial charge in [0.25, 0.3) is 5.91 Å². The maximum Gasteiger partial charge on any atom is 0.258 e. The molecule has 2 aromatic heterocycles. The minimum absolute atomic E-state index is 0.142. The van der Waals surface area contributed by atoms with Gasteiger partial charge >= 0.3 is 0 Å². The fourth-order valence-corrected chi connectivity index (χ4v) is 4.61. The van der Waals surface area contributed by atoms with Gasteiger partial charge in [-0.2, -0.15) is 0 Å². The van der Waals surface area contributed by atoms with Crippen LogP contribution in [0.1, 0.15) is 28.0 Å². The van der Waals surface area contributed by atoms with Gasteiger partial charge in [-0.15, -0.1) is 0 Å². The van der Waals surface area contributed by atoms with E-state index < -0.39 is 0 Å². The molecule has 0 radical (unpaired) electrons. The molecule has 0 unspecified atom stereocenters. The SMILES string of the molecule is O=C(Nc1nc2ccccc2s1)c1c2c(nc3ccc(Cl)cc13)CCC2. The van der Waals surface area contributed by atoms with Crippen LogP contribution >= 0.6 is 22.9 Å². The Kier molecular flexibility index (Phi) is 3.65. The first-order valence-corrected chi connectivity index (χ1v) is 9.66. The van der Waals surface area contributed by atoms with Gasteiger partial charge in [-0.1, -0.05) is 35.1 Å². The molecule has 0 fully saturated rings. The number of pyridine rings is 1. The molecule has 0 aliphatic heterocycles. The molecule has 1 aliphatic carbocycles. The van der Waals surface area contributed by atoms with Crippen LogP contribution in [0.2, 0.25) is 5.02 Å². The summed E-state index contributed by atoms with van der Waals surface area (Å²) in [6.07, 6.45) is 2.80. The molecule has 5 rings (SSSR count). The summed E-state index contributed by atoms with van der Waals surface area (Å²) in [7, 11) is 0. The van der Waals surface area contributed by atoms with Crippen molar-refractivity contribution < 1.29 is 4.79 Å². The summed E-state index contributed by atoms with van der Waals surface area (Å²) in [6.45, 7) is 0. The summed E-state index contributed by atoms with van der Waals surface area (Å²) in [6, 6.07) is 13.4. The van der Waals surface area contributed by atoms with Crippen LogP contribution in [0.5, 0.6) is 0 Å². The molecule has 6 heteroatoms. The molecule has 0 saturated heterocycles. The van der Waals surface area contributed by atoms with E-state index in [1.54, 1.807) is 0 Å². The second-order valence-electron chi connectivity index (χ2n) is 6.37. The van der Waals surface area contributed by atoms with Crippen LogP contribution in [-0.4, -0.2) is 15.9 Å². The maximum atomic E-state index is 13.2. The zero-order valence-corrected chi connectivity index (χ0v) is 15.3. The molecule has 0 atom stereocenters. The van der Waals surface area contributed by atoms with Crippen molar-refractivity contribution in [1.82, 2.24) is 9.97 Å². The van der Waals surface area contributed by atoms with Crippen molar-refractivity contribution >= 4 is 55.1 Å². The van der Waals surface area contributed by atoms with Crippen LogP contribution in [0, 0.1) is 0 Å². The molecule has 0 spiro atoms. The number of para-hydroxylation sites is 1. The molecular weight excluding hydrogens is 366 g/mol. The van der Waals surface area contributed by atoms with E-state index in [1.165, 1.54) is 11.3 Å². The number of carbonyl (C=O) groups excluding carboxylic acids is 1. The van der Waals surface area contributed by atoms with Gasteiger partial charge in [0.2, 0.25) is 0 Å². The number of fused-ring (bicyclic) bond motifs is 3. The molecule has 0 bridgehead atoms. The average Bonchev–Trinajstić information content (AvgIpc) is 3.25. The van der Waals surface area contributed by atoms with Crippen LogP contribution in [0.15, 0.2) is 42.5 Å². The zero-order valence-electron chi connectivity index (χ0n) is 13.8. The van der Waals surface area contributed by atoms with Crippen molar-refractivity contribution in [3.05, 3.63) is 64.3 Å². The summed E-state index contributed by atoms with van der Waals surface area (Å²) in [5.74, 6) is -0.142. The van der Waals surface area contributed by atoms with Gasteiger partial charge in [-0.25, -0.2) is 4.98 Å². The van der Waals surface area contributed by atoms with Crippen LogP contribution < -0.4 is 5.32 Å². The van der Waals surface area contributed by atoms with E-state index >= 15 is 0 Å². The summed E-state index contributed by atoms with van der Waals surface area (Å²) in [5.41, 5.74) is 4.45. The van der Waals surface area contributed by atoms with Gasteiger partial charge in [-0.05, 0) is 55.2 Å². The quantitative estimate of drug-likeness (QED) is 0.518. The average molecular weight is 380 g/mol. The van der Waals surface area contributed by atoms with E-state index in [0.29, 0.717) is 15.7 Å². The Balaban J connectivity index is 1.63. The van der Waals surface area contributed by atoms with E-state index in [2.05, 4.69) is 10.3 Å². The number of hydrogen-bond donors (Lipinski definition) is 1. The molecular formula is C20H14ClN3OS. The predicted molar refractivity (Wildman–Crippen MR) is 106 cm³/mol. The number of carbonyl (C=O) groups is 1. The smallest absolute Gasteiger partial charge is 0.258 e. The second kappa shape index (κ2) is 6.04. The fraction of sp³-hybridized carbons (Fsp3) is 0.150. The molecule has 0 saturated carbocycles. The summed E-state index contributed by atoms with van der Waals surface area (Å²) in [4.78, 5) is 22.4. The Hall–Kier alpha value is -2.50. The zero-order chi connectivity index (χ0) is 17.7. The Labute approximate surface area is 158 Å². The molecule has 2 heterocycles. The van der Waals surface area contributed by atoms with Gasteiger partial charge in [-0.3, -0.25) is 15.1 Å². The van der Waals surface area contributed by atoms with Crippen molar-refractivity contribution in [3.63, 3.8) is 0 Å². The largest absolute Gasteiger partial charge is 0.298 e. The summed E-state index contributed by atoms with van der Waals surface area (Å²) >= 11 is 7.67. The van der Waals surface area contributed by atoms with Crippen molar-refractivity contribution in [2.24, 2.45) is 0 Å².